The molecular formula is C15H19Cl2N3O. The van der Waals surface area contributed by atoms with E-state index < -0.39 is 0 Å². The van der Waals surface area contributed by atoms with Crippen LogP contribution in [0.2, 0.25) is 10.3 Å². The Balaban J connectivity index is 1.66. The van der Waals surface area contributed by atoms with Crippen molar-refractivity contribution in [1.29, 1.82) is 0 Å². The number of likely N-dealkylation sites (tertiary alicyclic amines) is 2. The molecule has 2 aliphatic heterocycles. The zero-order valence-electron chi connectivity index (χ0n) is 11.9. The maximum absolute atomic E-state index is 12.5. The number of amides is 1. The summed E-state index contributed by atoms with van der Waals surface area (Å²) >= 11 is 11.8. The van der Waals surface area contributed by atoms with E-state index in [1.54, 1.807) is 12.1 Å². The van der Waals surface area contributed by atoms with Crippen LogP contribution in [0.25, 0.3) is 0 Å². The molecule has 0 N–H and O–H groups in total. The van der Waals surface area contributed by atoms with Gasteiger partial charge in [0.2, 0.25) is 0 Å². The number of aromatic nitrogens is 1. The van der Waals surface area contributed by atoms with Gasteiger partial charge in [-0.25, -0.2) is 4.98 Å². The third-order valence-electron chi connectivity index (χ3n) is 4.40. The van der Waals surface area contributed by atoms with E-state index in [4.69, 9.17) is 23.2 Å². The van der Waals surface area contributed by atoms with Crippen LogP contribution in [-0.4, -0.2) is 52.9 Å². The molecular weight excluding hydrogens is 309 g/mol. The molecule has 0 radical (unpaired) electrons. The number of piperidine rings is 1. The van der Waals surface area contributed by atoms with Crippen LogP contribution < -0.4 is 0 Å². The average Bonchev–Trinajstić information content (AvgIpc) is 2.97. The smallest absolute Gasteiger partial charge is 0.257 e. The van der Waals surface area contributed by atoms with E-state index in [1.807, 2.05) is 4.90 Å². The van der Waals surface area contributed by atoms with Gasteiger partial charge in [0.25, 0.3) is 5.91 Å². The van der Waals surface area contributed by atoms with Crippen LogP contribution in [-0.2, 0) is 0 Å². The molecule has 1 unspecified atom stereocenters. The molecule has 21 heavy (non-hydrogen) atoms. The van der Waals surface area contributed by atoms with Gasteiger partial charge in [-0.3, -0.25) is 9.69 Å². The minimum Gasteiger partial charge on any atom is -0.337 e. The van der Waals surface area contributed by atoms with Gasteiger partial charge in [-0.05, 0) is 44.5 Å². The quantitative estimate of drug-likeness (QED) is 0.783. The van der Waals surface area contributed by atoms with E-state index in [2.05, 4.69) is 9.88 Å². The van der Waals surface area contributed by atoms with Crippen molar-refractivity contribution in [3.63, 3.8) is 0 Å². The first-order valence-electron chi connectivity index (χ1n) is 7.50. The maximum Gasteiger partial charge on any atom is 0.257 e. The summed E-state index contributed by atoms with van der Waals surface area (Å²) in [6.07, 6.45) is 4.93. The van der Waals surface area contributed by atoms with Crippen LogP contribution in [0.1, 0.15) is 36.0 Å². The van der Waals surface area contributed by atoms with E-state index in [9.17, 15) is 4.79 Å². The fourth-order valence-electron chi connectivity index (χ4n) is 3.25. The molecule has 3 heterocycles. The monoisotopic (exact) mass is 327 g/mol. The number of nitrogens with zero attached hydrogens (tertiary/aromatic N) is 3. The number of hydrogen-bond donors (Lipinski definition) is 0. The van der Waals surface area contributed by atoms with Crippen molar-refractivity contribution in [2.24, 2.45) is 0 Å². The molecule has 0 aliphatic carbocycles. The number of carbonyl (C=O) groups is 1. The van der Waals surface area contributed by atoms with E-state index in [0.29, 0.717) is 16.8 Å². The Hall–Kier alpha value is -0.840. The lowest BCUT2D eigenvalue weighted by Crippen LogP contribution is -2.41. The standard InChI is InChI=1S/C15H19Cl2N3O/c16-13-5-4-12(14(17)18-13)15(21)20-9-6-11(10-20)19-7-2-1-3-8-19/h4-5,11H,1-3,6-10H2. The fourth-order valence-corrected chi connectivity index (χ4v) is 3.68. The second kappa shape index (κ2) is 6.51. The predicted molar refractivity (Wildman–Crippen MR) is 84.0 cm³/mol. The first-order chi connectivity index (χ1) is 10.1. The molecule has 1 aromatic rings. The van der Waals surface area contributed by atoms with Gasteiger partial charge in [0, 0.05) is 19.1 Å². The molecule has 4 nitrogen and oxygen atoms in total. The highest BCUT2D eigenvalue weighted by atomic mass is 35.5. The molecule has 1 atom stereocenters. The third-order valence-corrected chi connectivity index (χ3v) is 4.90. The summed E-state index contributed by atoms with van der Waals surface area (Å²) in [5.41, 5.74) is 0.445. The van der Waals surface area contributed by atoms with Gasteiger partial charge in [-0.15, -0.1) is 0 Å². The second-order valence-electron chi connectivity index (χ2n) is 5.76. The highest BCUT2D eigenvalue weighted by molar-refractivity contribution is 6.34. The normalized spacial score (nSPS) is 23.5. The lowest BCUT2D eigenvalue weighted by molar-refractivity contribution is 0.0771. The second-order valence-corrected chi connectivity index (χ2v) is 6.51. The van der Waals surface area contributed by atoms with Crippen molar-refractivity contribution < 1.29 is 4.79 Å². The molecule has 2 aliphatic rings. The summed E-state index contributed by atoms with van der Waals surface area (Å²) in [4.78, 5) is 20.9. The first-order valence-corrected chi connectivity index (χ1v) is 8.26. The summed E-state index contributed by atoms with van der Waals surface area (Å²) in [6, 6.07) is 3.76. The summed E-state index contributed by atoms with van der Waals surface area (Å²) < 4.78 is 0. The predicted octanol–water partition coefficient (Wildman–Crippen LogP) is 3.09. The Morgan fingerprint density at radius 2 is 1.90 bits per heavy atom. The highest BCUT2D eigenvalue weighted by Crippen LogP contribution is 2.24. The third kappa shape index (κ3) is 3.33. The van der Waals surface area contributed by atoms with Gasteiger partial charge in [0.1, 0.15) is 10.3 Å². The van der Waals surface area contributed by atoms with E-state index in [1.165, 1.54) is 19.3 Å². The van der Waals surface area contributed by atoms with Gasteiger partial charge in [-0.1, -0.05) is 29.6 Å². The van der Waals surface area contributed by atoms with E-state index in [0.717, 1.165) is 32.6 Å². The molecule has 6 heteroatoms. The topological polar surface area (TPSA) is 36.4 Å². The fraction of sp³-hybridized carbons (Fsp3) is 0.600. The molecule has 3 rings (SSSR count). The molecule has 0 bridgehead atoms. The lowest BCUT2D eigenvalue weighted by atomic mass is 10.1. The minimum atomic E-state index is -0.0383. The molecule has 0 spiro atoms. The number of rotatable bonds is 2. The Bertz CT molecular complexity index is 532. The molecule has 1 aromatic heterocycles. The Morgan fingerprint density at radius 3 is 2.62 bits per heavy atom. The minimum absolute atomic E-state index is 0.0383. The Kier molecular flexibility index (Phi) is 4.67. The van der Waals surface area contributed by atoms with Gasteiger partial charge in [0.15, 0.2) is 0 Å². The molecule has 114 valence electrons. The van der Waals surface area contributed by atoms with Gasteiger partial charge in [-0.2, -0.15) is 0 Å². The number of pyridine rings is 1. The maximum atomic E-state index is 12.5. The Morgan fingerprint density at radius 1 is 1.14 bits per heavy atom. The van der Waals surface area contributed by atoms with Gasteiger partial charge < -0.3 is 4.90 Å². The van der Waals surface area contributed by atoms with Crippen LogP contribution in [0.5, 0.6) is 0 Å². The molecule has 0 saturated carbocycles. The Labute approximate surface area is 135 Å². The summed E-state index contributed by atoms with van der Waals surface area (Å²) in [6.45, 7) is 3.91. The first kappa shape index (κ1) is 15.1. The van der Waals surface area contributed by atoms with Gasteiger partial charge >= 0.3 is 0 Å². The van der Waals surface area contributed by atoms with Gasteiger partial charge in [0.05, 0.1) is 5.56 Å². The lowest BCUT2D eigenvalue weighted by Gasteiger charge is -2.32. The van der Waals surface area contributed by atoms with E-state index >= 15 is 0 Å². The average molecular weight is 328 g/mol. The van der Waals surface area contributed by atoms with Crippen molar-refractivity contribution >= 4 is 29.1 Å². The van der Waals surface area contributed by atoms with Crippen molar-refractivity contribution in [2.45, 2.75) is 31.7 Å². The number of carbonyl (C=O) groups excluding carboxylic acids is 1. The summed E-state index contributed by atoms with van der Waals surface area (Å²) in [7, 11) is 0. The molecule has 0 aromatic carbocycles. The van der Waals surface area contributed by atoms with Crippen LogP contribution in [0.15, 0.2) is 12.1 Å². The molecule has 2 fully saturated rings. The zero-order chi connectivity index (χ0) is 14.8. The van der Waals surface area contributed by atoms with Crippen LogP contribution in [0.4, 0.5) is 0 Å². The molecule has 1 amide bonds. The summed E-state index contributed by atoms with van der Waals surface area (Å²) in [5.74, 6) is -0.0383. The number of halogens is 2. The van der Waals surface area contributed by atoms with Crippen molar-refractivity contribution in [1.82, 2.24) is 14.8 Å². The van der Waals surface area contributed by atoms with Crippen molar-refractivity contribution in [3.05, 3.63) is 28.0 Å². The van der Waals surface area contributed by atoms with Crippen LogP contribution in [0.3, 0.4) is 0 Å². The van der Waals surface area contributed by atoms with Crippen LogP contribution >= 0.6 is 23.2 Å². The largest absolute Gasteiger partial charge is 0.337 e. The zero-order valence-corrected chi connectivity index (χ0v) is 13.4. The SMILES string of the molecule is O=C(c1ccc(Cl)nc1Cl)N1CCC(N2CCCCC2)C1. The number of hydrogen-bond acceptors (Lipinski definition) is 3. The van der Waals surface area contributed by atoms with Crippen LogP contribution in [0, 0.1) is 0 Å². The van der Waals surface area contributed by atoms with Crippen molar-refractivity contribution in [2.75, 3.05) is 26.2 Å². The summed E-state index contributed by atoms with van der Waals surface area (Å²) in [5, 5.41) is 0.498. The van der Waals surface area contributed by atoms with E-state index in [-0.39, 0.29) is 11.1 Å². The molecule has 2 saturated heterocycles. The highest BCUT2D eigenvalue weighted by Gasteiger charge is 2.32. The van der Waals surface area contributed by atoms with Crippen molar-refractivity contribution in [3.8, 4) is 0 Å².